The average molecular weight is 467 g/mol. The van der Waals surface area contributed by atoms with Crippen LogP contribution in [0, 0.1) is 0 Å². The molecule has 1 saturated heterocycles. The van der Waals surface area contributed by atoms with Crippen LogP contribution in [0.2, 0.25) is 0 Å². The van der Waals surface area contributed by atoms with Crippen molar-refractivity contribution in [1.82, 2.24) is 9.62 Å². The summed E-state index contributed by atoms with van der Waals surface area (Å²) in [6.45, 7) is 1.46. The van der Waals surface area contributed by atoms with Crippen molar-refractivity contribution in [3.8, 4) is 0 Å². The summed E-state index contributed by atoms with van der Waals surface area (Å²) in [4.78, 5) is 13.9. The Morgan fingerprint density at radius 2 is 1.35 bits per heavy atom. The van der Waals surface area contributed by atoms with E-state index in [0.717, 1.165) is 44.8 Å². The molecule has 0 spiro atoms. The van der Waals surface area contributed by atoms with E-state index < -0.39 is 20.0 Å². The van der Waals surface area contributed by atoms with E-state index in [1.165, 1.54) is 37.4 Å². The molecule has 1 aliphatic heterocycles. The van der Waals surface area contributed by atoms with Crippen molar-refractivity contribution < 1.29 is 21.6 Å². The lowest BCUT2D eigenvalue weighted by atomic mass is 10.2. The maximum absolute atomic E-state index is 12.7. The fourth-order valence-corrected chi connectivity index (χ4v) is 5.19. The molecule has 0 aromatic heterocycles. The molecule has 3 N–H and O–H groups in total. The smallest absolute Gasteiger partial charge is 0.321 e. The highest BCUT2D eigenvalue weighted by atomic mass is 32.2. The molecular formula is C20H26N4O5S2. The van der Waals surface area contributed by atoms with Crippen molar-refractivity contribution in [2.45, 2.75) is 35.5 Å². The van der Waals surface area contributed by atoms with Gasteiger partial charge in [0.1, 0.15) is 0 Å². The summed E-state index contributed by atoms with van der Waals surface area (Å²) in [5.41, 5.74) is 0.842. The molecule has 168 valence electrons. The monoisotopic (exact) mass is 466 g/mol. The van der Waals surface area contributed by atoms with Crippen LogP contribution in [-0.2, 0) is 20.0 Å². The number of benzene rings is 2. The first kappa shape index (κ1) is 23.0. The van der Waals surface area contributed by atoms with Gasteiger partial charge in [-0.25, -0.2) is 26.4 Å². The lowest BCUT2D eigenvalue weighted by Gasteiger charge is -2.20. The van der Waals surface area contributed by atoms with Gasteiger partial charge in [-0.3, -0.25) is 4.72 Å². The summed E-state index contributed by atoms with van der Waals surface area (Å²) in [5.74, 6) is 0. The molecule has 2 aromatic carbocycles. The molecule has 0 bridgehead atoms. The zero-order valence-corrected chi connectivity index (χ0v) is 18.8. The summed E-state index contributed by atoms with van der Waals surface area (Å²) >= 11 is 0. The minimum atomic E-state index is -4.00. The predicted octanol–water partition coefficient (Wildman–Crippen LogP) is 2.80. The molecule has 0 saturated carbocycles. The molecule has 31 heavy (non-hydrogen) atoms. The molecule has 9 nitrogen and oxygen atoms in total. The van der Waals surface area contributed by atoms with Gasteiger partial charge in [0.25, 0.3) is 10.0 Å². The maximum atomic E-state index is 12.7. The van der Waals surface area contributed by atoms with Crippen LogP contribution in [0.3, 0.4) is 0 Å². The lowest BCUT2D eigenvalue weighted by Crippen LogP contribution is -2.35. The Hall–Kier alpha value is -2.63. The van der Waals surface area contributed by atoms with Gasteiger partial charge in [-0.1, -0.05) is 18.9 Å². The van der Waals surface area contributed by atoms with Gasteiger partial charge in [0, 0.05) is 24.5 Å². The minimum Gasteiger partial charge on any atom is -0.325 e. The Morgan fingerprint density at radius 3 is 1.94 bits per heavy atom. The standard InChI is InChI=1S/C20H26N4O5S2/c1-21-30(26,27)18-7-6-8-19(15-18)31(28,29)23-17-11-9-16(10-12-17)22-20(25)24-13-4-2-3-5-14-24/h6-12,15,21,23H,2-5,13-14H2,1H3,(H,22,25). The number of hydrogen-bond donors (Lipinski definition) is 3. The van der Waals surface area contributed by atoms with Crippen molar-refractivity contribution >= 4 is 37.5 Å². The van der Waals surface area contributed by atoms with E-state index in [0.29, 0.717) is 5.69 Å². The number of amides is 2. The van der Waals surface area contributed by atoms with E-state index in [9.17, 15) is 21.6 Å². The molecule has 2 aromatic rings. The fraction of sp³-hybridized carbons (Fsp3) is 0.350. The highest BCUT2D eigenvalue weighted by molar-refractivity contribution is 7.93. The van der Waals surface area contributed by atoms with Gasteiger partial charge in [-0.05, 0) is 62.4 Å². The van der Waals surface area contributed by atoms with Crippen molar-refractivity contribution in [3.63, 3.8) is 0 Å². The zero-order valence-electron chi connectivity index (χ0n) is 17.2. The molecule has 0 unspecified atom stereocenters. The van der Waals surface area contributed by atoms with Crippen LogP contribution in [-0.4, -0.2) is 47.9 Å². The number of sulfonamides is 2. The highest BCUT2D eigenvalue weighted by Crippen LogP contribution is 2.21. The van der Waals surface area contributed by atoms with Crippen LogP contribution in [0.15, 0.2) is 58.3 Å². The van der Waals surface area contributed by atoms with E-state index in [2.05, 4.69) is 14.8 Å². The Balaban J connectivity index is 1.69. The fourth-order valence-electron chi connectivity index (χ4n) is 3.24. The number of nitrogens with one attached hydrogen (secondary N) is 3. The van der Waals surface area contributed by atoms with Crippen molar-refractivity contribution in [2.75, 3.05) is 30.2 Å². The van der Waals surface area contributed by atoms with E-state index in [-0.39, 0.29) is 21.5 Å². The SMILES string of the molecule is CNS(=O)(=O)c1cccc(S(=O)(=O)Nc2ccc(NC(=O)N3CCCCCC3)cc2)c1. The second kappa shape index (κ2) is 9.67. The van der Waals surface area contributed by atoms with E-state index in [1.807, 2.05) is 0 Å². The van der Waals surface area contributed by atoms with Crippen molar-refractivity contribution in [3.05, 3.63) is 48.5 Å². The number of nitrogens with zero attached hydrogens (tertiary/aromatic N) is 1. The number of anilines is 2. The van der Waals surface area contributed by atoms with E-state index in [1.54, 1.807) is 17.0 Å². The summed E-state index contributed by atoms with van der Waals surface area (Å²) in [5, 5.41) is 2.83. The molecule has 11 heteroatoms. The molecule has 3 rings (SSSR count). The Kier molecular flexibility index (Phi) is 7.19. The first-order chi connectivity index (χ1) is 14.7. The average Bonchev–Trinajstić information content (AvgIpc) is 3.05. The van der Waals surface area contributed by atoms with Crippen molar-refractivity contribution in [2.24, 2.45) is 0 Å². The molecule has 1 aliphatic rings. The molecule has 2 amide bonds. The third-order valence-electron chi connectivity index (χ3n) is 4.98. The Labute approximate surface area is 182 Å². The normalized spacial score (nSPS) is 15.2. The topological polar surface area (TPSA) is 125 Å². The maximum Gasteiger partial charge on any atom is 0.321 e. The second-order valence-electron chi connectivity index (χ2n) is 7.20. The Morgan fingerprint density at radius 1 is 0.806 bits per heavy atom. The zero-order chi connectivity index (χ0) is 22.5. The van der Waals surface area contributed by atoms with Gasteiger partial charge < -0.3 is 10.2 Å². The van der Waals surface area contributed by atoms with Gasteiger partial charge >= 0.3 is 6.03 Å². The highest BCUT2D eigenvalue weighted by Gasteiger charge is 2.19. The van der Waals surface area contributed by atoms with Crippen LogP contribution in [0.5, 0.6) is 0 Å². The lowest BCUT2D eigenvalue weighted by molar-refractivity contribution is 0.214. The summed E-state index contributed by atoms with van der Waals surface area (Å²) in [7, 11) is -6.52. The summed E-state index contributed by atoms with van der Waals surface area (Å²) in [6, 6.07) is 11.2. The van der Waals surface area contributed by atoms with Crippen LogP contribution >= 0.6 is 0 Å². The quantitative estimate of drug-likeness (QED) is 0.604. The van der Waals surface area contributed by atoms with Crippen LogP contribution < -0.4 is 14.8 Å². The predicted molar refractivity (Wildman–Crippen MR) is 119 cm³/mol. The number of likely N-dealkylation sites (tertiary alicyclic amines) is 1. The number of urea groups is 1. The van der Waals surface area contributed by atoms with Crippen LogP contribution in [0.1, 0.15) is 25.7 Å². The van der Waals surface area contributed by atoms with Gasteiger partial charge in [0.05, 0.1) is 9.79 Å². The van der Waals surface area contributed by atoms with Gasteiger partial charge in [-0.15, -0.1) is 0 Å². The first-order valence-electron chi connectivity index (χ1n) is 9.94. The number of rotatable bonds is 6. The summed E-state index contributed by atoms with van der Waals surface area (Å²) < 4.78 is 53.8. The van der Waals surface area contributed by atoms with E-state index >= 15 is 0 Å². The third kappa shape index (κ3) is 5.96. The number of carbonyl (C=O) groups is 1. The molecule has 0 atom stereocenters. The second-order valence-corrected chi connectivity index (χ2v) is 10.8. The van der Waals surface area contributed by atoms with Gasteiger partial charge in [0.2, 0.25) is 10.0 Å². The molecule has 1 heterocycles. The first-order valence-corrected chi connectivity index (χ1v) is 12.9. The van der Waals surface area contributed by atoms with Crippen molar-refractivity contribution in [1.29, 1.82) is 0 Å². The largest absolute Gasteiger partial charge is 0.325 e. The number of hydrogen-bond acceptors (Lipinski definition) is 5. The summed E-state index contributed by atoms with van der Waals surface area (Å²) in [6.07, 6.45) is 4.24. The van der Waals surface area contributed by atoms with Crippen LogP contribution in [0.25, 0.3) is 0 Å². The minimum absolute atomic E-state index is 0.149. The van der Waals surface area contributed by atoms with Crippen LogP contribution in [0.4, 0.5) is 16.2 Å². The number of carbonyl (C=O) groups excluding carboxylic acids is 1. The molecule has 0 radical (unpaired) electrons. The molecule has 0 aliphatic carbocycles. The Bertz CT molecular complexity index is 1120. The van der Waals surface area contributed by atoms with Gasteiger partial charge in [0.15, 0.2) is 0 Å². The van der Waals surface area contributed by atoms with Gasteiger partial charge in [-0.2, -0.15) is 0 Å². The molecule has 1 fully saturated rings. The molecular weight excluding hydrogens is 440 g/mol. The van der Waals surface area contributed by atoms with E-state index in [4.69, 9.17) is 0 Å². The third-order valence-corrected chi connectivity index (χ3v) is 7.77.